The number of nitrogens with two attached hydrogens (primary N) is 1. The smallest absolute Gasteiger partial charge is 0.387 e. The number of aliphatic hydroxyl groups excluding tert-OH is 2. The topological polar surface area (TPSA) is 175 Å². The molecule has 0 aromatic carbocycles. The molecule has 32 heavy (non-hydrogen) atoms. The van der Waals surface area contributed by atoms with Crippen LogP contribution in [0.3, 0.4) is 0 Å². The lowest BCUT2D eigenvalue weighted by atomic mass is 10.1. The predicted molar refractivity (Wildman–Crippen MR) is 118 cm³/mol. The summed E-state index contributed by atoms with van der Waals surface area (Å²) in [7, 11) is -4.46. The van der Waals surface area contributed by atoms with E-state index in [1.54, 1.807) is 6.26 Å². The molecular weight excluding hydrogens is 463 g/mol. The number of rotatable bonds is 10. The van der Waals surface area contributed by atoms with Crippen molar-refractivity contribution in [3.63, 3.8) is 0 Å². The summed E-state index contributed by atoms with van der Waals surface area (Å²) < 4.78 is 28.7. The number of anilines is 2. The summed E-state index contributed by atoms with van der Waals surface area (Å²) in [6.07, 6.45) is -1.76. The van der Waals surface area contributed by atoms with Crippen LogP contribution in [0.2, 0.25) is 0 Å². The molecule has 3 rings (SSSR count). The fourth-order valence-corrected chi connectivity index (χ4v) is 5.08. The minimum Gasteiger partial charge on any atom is -0.387 e. The van der Waals surface area contributed by atoms with E-state index in [0.717, 1.165) is 0 Å². The first kappa shape index (κ1) is 25.3. The molecule has 0 aliphatic carbocycles. The van der Waals surface area contributed by atoms with Crippen LogP contribution in [0, 0.1) is 0 Å². The second kappa shape index (κ2) is 9.87. The van der Waals surface area contributed by atoms with Crippen LogP contribution in [0.15, 0.2) is 5.16 Å². The fraction of sp³-hybridized carbons (Fsp3) is 0.706. The van der Waals surface area contributed by atoms with Gasteiger partial charge in [0.15, 0.2) is 11.0 Å². The van der Waals surface area contributed by atoms with Gasteiger partial charge in [0.1, 0.15) is 37.9 Å². The van der Waals surface area contributed by atoms with E-state index in [-0.39, 0.29) is 10.5 Å². The molecule has 1 unspecified atom stereocenters. The Morgan fingerprint density at radius 1 is 1.28 bits per heavy atom. The quantitative estimate of drug-likeness (QED) is 0.113. The van der Waals surface area contributed by atoms with Crippen molar-refractivity contribution in [3.8, 4) is 0 Å². The average Bonchev–Trinajstić information content (AvgIpc) is 3.32. The zero-order chi connectivity index (χ0) is 23.7. The molecule has 2 aliphatic rings. The number of ether oxygens (including phenoxy) is 1. The third-order valence-corrected chi connectivity index (χ3v) is 7.20. The minimum atomic E-state index is -4.46. The number of aliphatic hydroxyl groups is 2. The number of aliphatic imine (C=N–C) groups is 1. The van der Waals surface area contributed by atoms with Gasteiger partial charge in [0, 0.05) is 0 Å². The molecule has 0 spiro atoms. The van der Waals surface area contributed by atoms with E-state index in [1.165, 1.54) is 23.0 Å². The normalized spacial score (nSPS) is 27.0. The Morgan fingerprint density at radius 2 is 1.94 bits per heavy atom. The molecule has 5 N–H and O–H groups in total. The molecule has 0 saturated carbocycles. The van der Waals surface area contributed by atoms with Crippen molar-refractivity contribution in [2.45, 2.75) is 50.5 Å². The maximum absolute atomic E-state index is 12.5. The highest BCUT2D eigenvalue weighted by molar-refractivity contribution is 7.98. The molecule has 3 heterocycles. The number of hydroxylamine groups is 3. The van der Waals surface area contributed by atoms with Crippen LogP contribution >= 0.6 is 19.6 Å². The number of hydrogen-bond donors (Lipinski definition) is 4. The van der Waals surface area contributed by atoms with Crippen molar-refractivity contribution in [1.29, 1.82) is 0 Å². The van der Waals surface area contributed by atoms with Gasteiger partial charge in [-0.05, 0) is 32.0 Å². The van der Waals surface area contributed by atoms with Gasteiger partial charge in [0.25, 0.3) is 17.8 Å². The highest BCUT2D eigenvalue weighted by Crippen LogP contribution is 2.47. The van der Waals surface area contributed by atoms with Gasteiger partial charge in [0.2, 0.25) is 6.23 Å². The maximum Gasteiger partial charge on any atom is 0.518 e. The number of quaternary nitrogens is 1. The van der Waals surface area contributed by atoms with Crippen LogP contribution in [0.5, 0.6) is 0 Å². The van der Waals surface area contributed by atoms with Gasteiger partial charge in [-0.3, -0.25) is 9.42 Å². The predicted octanol–water partition coefficient (Wildman–Crippen LogP) is -0.0319. The molecule has 0 amide bonds. The van der Waals surface area contributed by atoms with Gasteiger partial charge in [-0.1, -0.05) is 16.4 Å². The molecule has 1 radical (unpaired) electrons. The summed E-state index contributed by atoms with van der Waals surface area (Å²) in [4.78, 5) is 24.3. The minimum absolute atomic E-state index is 0.0625. The molecule has 5 atom stereocenters. The van der Waals surface area contributed by atoms with Gasteiger partial charge in [-0.25, -0.2) is 9.55 Å². The van der Waals surface area contributed by atoms with Gasteiger partial charge in [-0.2, -0.15) is 14.5 Å². The molecule has 0 bridgehead atoms. The van der Waals surface area contributed by atoms with E-state index in [9.17, 15) is 19.7 Å². The Labute approximate surface area is 190 Å². The van der Waals surface area contributed by atoms with Gasteiger partial charge in [-0.15, -0.1) is 0 Å². The Hall–Kier alpha value is -1.35. The zero-order valence-corrected chi connectivity index (χ0v) is 20.1. The van der Waals surface area contributed by atoms with E-state index < -0.39 is 39.0 Å². The molecular formula is C17H30N6O7PS+2. The van der Waals surface area contributed by atoms with Crippen molar-refractivity contribution in [2.75, 3.05) is 43.1 Å². The number of thioether (sulfide) groups is 1. The van der Waals surface area contributed by atoms with Gasteiger partial charge in [0.05, 0.1) is 6.61 Å². The third kappa shape index (κ3) is 4.93. The molecule has 15 heteroatoms. The van der Waals surface area contributed by atoms with E-state index in [0.29, 0.717) is 36.3 Å². The van der Waals surface area contributed by atoms with Crippen molar-refractivity contribution >= 4 is 43.2 Å². The van der Waals surface area contributed by atoms with E-state index in [1.807, 2.05) is 20.8 Å². The largest absolute Gasteiger partial charge is 0.518 e. The highest BCUT2D eigenvalue weighted by Gasteiger charge is 2.52. The van der Waals surface area contributed by atoms with E-state index >= 15 is 0 Å². The van der Waals surface area contributed by atoms with E-state index in [2.05, 4.69) is 15.0 Å². The zero-order valence-electron chi connectivity index (χ0n) is 18.4. The summed E-state index contributed by atoms with van der Waals surface area (Å²) in [5, 5.41) is 21.4. The lowest BCUT2D eigenvalue weighted by Crippen LogP contribution is -2.46. The van der Waals surface area contributed by atoms with Crippen LogP contribution in [0.25, 0.3) is 0 Å². The summed E-state index contributed by atoms with van der Waals surface area (Å²) in [5.74, 6) is 0.500. The van der Waals surface area contributed by atoms with Crippen molar-refractivity contribution < 1.29 is 38.2 Å². The first-order valence-corrected chi connectivity index (χ1v) is 12.9. The number of aromatic nitrogens is 2. The lowest BCUT2D eigenvalue weighted by molar-refractivity contribution is -1.08. The number of phosphoric acid groups is 1. The van der Waals surface area contributed by atoms with Gasteiger partial charge >= 0.3 is 7.82 Å². The first-order chi connectivity index (χ1) is 15.1. The molecule has 13 nitrogen and oxygen atoms in total. The number of fused-ring (bicyclic) bond motifs is 1. The van der Waals surface area contributed by atoms with Crippen molar-refractivity contribution in [2.24, 2.45) is 0 Å². The van der Waals surface area contributed by atoms with Crippen molar-refractivity contribution in [3.05, 3.63) is 0 Å². The number of nitrogen functional groups attached to an aromatic ring is 1. The number of nitrogens with zero attached hydrogens (tertiary/aromatic N) is 5. The van der Waals surface area contributed by atoms with Crippen LogP contribution in [-0.2, 0) is 18.5 Å². The molecule has 179 valence electrons. The lowest BCUT2D eigenvalue weighted by Gasteiger charge is -2.32. The second-order valence-electron chi connectivity index (χ2n) is 7.32. The Morgan fingerprint density at radius 3 is 2.53 bits per heavy atom. The SMILES string of the molecule is CC[N+](CC)(CC)OP(=O)(O)OC[C@H]1O[C@@H](N2C=[N+]c3c(N)nc(SC)nc32)[C@H](O)[C@@H]1O. The standard InChI is InChI=1S/C17H29N6O7PS/c1-5-23(6-2,7-3)30-31(26,27)28-8-10-12(24)13(25)16(29-10)22-9-19-11-14(18)20-17(32-4)21-15(11)22/h9-10,12-13,16,24-25H,5-8H2,1-4H3,(H2-,18,20,21,26,27)/q+1/p+1/t10-,12-,13-,16-/m1/s1. The molecule has 1 aromatic rings. The average molecular weight is 494 g/mol. The third-order valence-electron chi connectivity index (χ3n) is 5.63. The first-order valence-electron chi connectivity index (χ1n) is 10.2. The molecule has 2 aliphatic heterocycles. The summed E-state index contributed by atoms with van der Waals surface area (Å²) in [5.41, 5.74) is 6.25. The van der Waals surface area contributed by atoms with Gasteiger partial charge < -0.3 is 20.7 Å². The number of hydrogen-bond acceptors (Lipinski definition) is 12. The molecule has 1 fully saturated rings. The Balaban J connectivity index is 1.70. The molecule has 1 aromatic heterocycles. The maximum atomic E-state index is 12.5. The Bertz CT molecular complexity index is 896. The molecule has 1 saturated heterocycles. The van der Waals surface area contributed by atoms with Crippen LogP contribution in [0.4, 0.5) is 17.3 Å². The highest BCUT2D eigenvalue weighted by atomic mass is 32.2. The van der Waals surface area contributed by atoms with Crippen LogP contribution in [-0.4, -0.2) is 93.1 Å². The second-order valence-corrected chi connectivity index (χ2v) is 9.45. The summed E-state index contributed by atoms with van der Waals surface area (Å²) in [6.45, 7) is 6.46. The van der Waals surface area contributed by atoms with E-state index in [4.69, 9.17) is 19.6 Å². The Kier molecular flexibility index (Phi) is 7.80. The van der Waals surface area contributed by atoms with Crippen LogP contribution < -0.4 is 15.6 Å². The summed E-state index contributed by atoms with van der Waals surface area (Å²) in [6, 6.07) is 0. The monoisotopic (exact) mass is 493 g/mol. The summed E-state index contributed by atoms with van der Waals surface area (Å²) >= 11 is 1.28. The van der Waals surface area contributed by atoms with Crippen LogP contribution in [0.1, 0.15) is 20.8 Å². The fourth-order valence-electron chi connectivity index (χ4n) is 3.55. The number of phosphoric ester groups is 1. The van der Waals surface area contributed by atoms with Crippen molar-refractivity contribution in [1.82, 2.24) is 15.0 Å².